The zero-order chi connectivity index (χ0) is 26.0. The van der Waals surface area contributed by atoms with Gasteiger partial charge in [-0.3, -0.25) is 9.78 Å². The molecule has 1 saturated heterocycles. The molecule has 3 heterocycles. The number of hydrogen-bond acceptors (Lipinski definition) is 4. The first-order valence-corrected chi connectivity index (χ1v) is 12.5. The van der Waals surface area contributed by atoms with Crippen LogP contribution in [0.4, 0.5) is 13.2 Å². The molecule has 0 saturated carbocycles. The molecule has 9 heteroatoms. The molecule has 0 aliphatic carbocycles. The van der Waals surface area contributed by atoms with Gasteiger partial charge in [0, 0.05) is 35.2 Å². The average Bonchev–Trinajstić information content (AvgIpc) is 3.34. The topological polar surface area (TPSA) is 70.2 Å². The standard InChI is InChI=1S/C28H29F3N4O2/c1-37-24-8-2-5-19-20(9-13-32-26(19)24)27(36)33-12-4-14-35-15-10-18(11-16-35)21-17-34-23-7-3-6-22(25(21)23)28(29,30)31/h2-3,5-9,13,17-18,34H,4,10-12,14-16H2,1H3,(H,33,36). The molecule has 5 rings (SSSR count). The fraction of sp³-hybridized carbons (Fsp3) is 0.357. The van der Waals surface area contributed by atoms with Gasteiger partial charge in [-0.25, -0.2) is 0 Å². The van der Waals surface area contributed by atoms with Gasteiger partial charge in [0.05, 0.1) is 18.2 Å². The van der Waals surface area contributed by atoms with Crippen LogP contribution in [-0.4, -0.2) is 54.1 Å². The highest BCUT2D eigenvalue weighted by atomic mass is 19.4. The number of aromatic amines is 1. The summed E-state index contributed by atoms with van der Waals surface area (Å²) >= 11 is 0. The Kier molecular flexibility index (Phi) is 7.06. The summed E-state index contributed by atoms with van der Waals surface area (Å²) < 4.78 is 46.1. The first kappa shape index (κ1) is 25.1. The van der Waals surface area contributed by atoms with Gasteiger partial charge in [0.1, 0.15) is 11.3 Å². The lowest BCUT2D eigenvalue weighted by Crippen LogP contribution is -2.35. The number of ether oxygens (including phenoxy) is 1. The van der Waals surface area contributed by atoms with E-state index in [1.807, 2.05) is 18.2 Å². The number of amides is 1. The van der Waals surface area contributed by atoms with Crippen molar-refractivity contribution in [2.24, 2.45) is 0 Å². The molecule has 0 spiro atoms. The molecule has 0 bridgehead atoms. The van der Waals surface area contributed by atoms with Gasteiger partial charge in [0.25, 0.3) is 5.91 Å². The van der Waals surface area contributed by atoms with E-state index in [0.717, 1.165) is 55.9 Å². The van der Waals surface area contributed by atoms with Gasteiger partial charge in [-0.1, -0.05) is 18.2 Å². The Morgan fingerprint density at radius 2 is 1.95 bits per heavy atom. The Bertz CT molecular complexity index is 1410. The van der Waals surface area contributed by atoms with E-state index in [9.17, 15) is 18.0 Å². The first-order chi connectivity index (χ1) is 17.9. The molecule has 2 aromatic heterocycles. The van der Waals surface area contributed by atoms with Crippen molar-refractivity contribution in [1.82, 2.24) is 20.2 Å². The van der Waals surface area contributed by atoms with Crippen LogP contribution in [0.3, 0.4) is 0 Å². The summed E-state index contributed by atoms with van der Waals surface area (Å²) in [4.78, 5) is 22.5. The second kappa shape index (κ2) is 10.4. The van der Waals surface area contributed by atoms with Crippen LogP contribution >= 0.6 is 0 Å². The molecule has 194 valence electrons. The third-order valence-corrected chi connectivity index (χ3v) is 7.20. The number of pyridine rings is 1. The number of para-hydroxylation sites is 1. The van der Waals surface area contributed by atoms with Crippen molar-refractivity contribution in [3.63, 3.8) is 0 Å². The predicted octanol–water partition coefficient (Wildman–Crippen LogP) is 5.74. The smallest absolute Gasteiger partial charge is 0.417 e. The Balaban J connectivity index is 1.14. The summed E-state index contributed by atoms with van der Waals surface area (Å²) in [7, 11) is 1.58. The van der Waals surface area contributed by atoms with Gasteiger partial charge in [0.15, 0.2) is 0 Å². The number of nitrogens with one attached hydrogen (secondary N) is 2. The van der Waals surface area contributed by atoms with Crippen molar-refractivity contribution in [3.8, 4) is 5.75 Å². The summed E-state index contributed by atoms with van der Waals surface area (Å²) in [6.45, 7) is 2.98. The predicted molar refractivity (Wildman–Crippen MR) is 137 cm³/mol. The van der Waals surface area contributed by atoms with Crippen molar-refractivity contribution < 1.29 is 22.7 Å². The lowest BCUT2D eigenvalue weighted by molar-refractivity contribution is -0.136. The van der Waals surface area contributed by atoms with Crippen molar-refractivity contribution in [3.05, 3.63) is 71.5 Å². The Hall–Kier alpha value is -3.59. The summed E-state index contributed by atoms with van der Waals surface area (Å²) in [5.41, 5.74) is 1.93. The van der Waals surface area contributed by atoms with E-state index in [4.69, 9.17) is 4.74 Å². The van der Waals surface area contributed by atoms with Crippen LogP contribution < -0.4 is 10.1 Å². The van der Waals surface area contributed by atoms with Crippen LogP contribution in [0.25, 0.3) is 21.8 Å². The van der Waals surface area contributed by atoms with E-state index in [1.54, 1.807) is 31.6 Å². The number of alkyl halides is 3. The first-order valence-electron chi connectivity index (χ1n) is 12.5. The van der Waals surface area contributed by atoms with Crippen LogP contribution in [0, 0.1) is 0 Å². The summed E-state index contributed by atoms with van der Waals surface area (Å²) in [6, 6.07) is 11.5. The average molecular weight is 511 g/mol. The fourth-order valence-electron chi connectivity index (χ4n) is 5.35. The zero-order valence-corrected chi connectivity index (χ0v) is 20.6. The number of halogens is 3. The highest BCUT2D eigenvalue weighted by molar-refractivity contribution is 6.07. The number of carbonyl (C=O) groups is 1. The number of fused-ring (bicyclic) bond motifs is 2. The number of likely N-dealkylation sites (tertiary alicyclic amines) is 1. The van der Waals surface area contributed by atoms with Gasteiger partial charge in [-0.2, -0.15) is 13.2 Å². The molecule has 4 aromatic rings. The van der Waals surface area contributed by atoms with Crippen molar-refractivity contribution >= 4 is 27.7 Å². The summed E-state index contributed by atoms with van der Waals surface area (Å²) in [5, 5.41) is 4.04. The Labute approximate surface area is 212 Å². The van der Waals surface area contributed by atoms with Gasteiger partial charge in [-0.15, -0.1) is 0 Å². The van der Waals surface area contributed by atoms with E-state index in [2.05, 4.69) is 20.2 Å². The number of nitrogens with zero attached hydrogens (tertiary/aromatic N) is 2. The zero-order valence-electron chi connectivity index (χ0n) is 20.6. The maximum Gasteiger partial charge on any atom is 0.417 e. The number of piperidine rings is 1. The molecule has 1 fully saturated rings. The van der Waals surface area contributed by atoms with E-state index in [-0.39, 0.29) is 11.8 Å². The molecule has 0 unspecified atom stereocenters. The summed E-state index contributed by atoms with van der Waals surface area (Å²) in [6.07, 6.45) is 1.36. The van der Waals surface area contributed by atoms with Crippen LogP contribution in [0.2, 0.25) is 0 Å². The molecule has 6 nitrogen and oxygen atoms in total. The largest absolute Gasteiger partial charge is 0.494 e. The van der Waals surface area contributed by atoms with Crippen LogP contribution in [0.15, 0.2) is 54.9 Å². The molecule has 0 atom stereocenters. The highest BCUT2D eigenvalue weighted by Crippen LogP contribution is 2.40. The number of hydrogen-bond donors (Lipinski definition) is 2. The number of rotatable bonds is 7. The maximum atomic E-state index is 13.6. The molecule has 37 heavy (non-hydrogen) atoms. The van der Waals surface area contributed by atoms with E-state index in [0.29, 0.717) is 34.3 Å². The van der Waals surface area contributed by atoms with Crippen molar-refractivity contribution in [2.45, 2.75) is 31.4 Å². The number of benzene rings is 2. The van der Waals surface area contributed by atoms with Gasteiger partial charge >= 0.3 is 6.18 Å². The third kappa shape index (κ3) is 5.13. The van der Waals surface area contributed by atoms with Crippen LogP contribution in [-0.2, 0) is 6.18 Å². The highest BCUT2D eigenvalue weighted by Gasteiger charge is 2.35. The van der Waals surface area contributed by atoms with Gasteiger partial charge < -0.3 is 19.9 Å². The van der Waals surface area contributed by atoms with Crippen molar-refractivity contribution in [1.29, 1.82) is 0 Å². The minimum atomic E-state index is -4.38. The number of carbonyl (C=O) groups excluding carboxylic acids is 1. The second-order valence-corrected chi connectivity index (χ2v) is 9.41. The van der Waals surface area contributed by atoms with Crippen molar-refractivity contribution in [2.75, 3.05) is 33.3 Å². The maximum absolute atomic E-state index is 13.6. The molecule has 2 aromatic carbocycles. The second-order valence-electron chi connectivity index (χ2n) is 9.41. The molecule has 1 aliphatic heterocycles. The van der Waals surface area contributed by atoms with Crippen LogP contribution in [0.1, 0.15) is 46.7 Å². The fourth-order valence-corrected chi connectivity index (χ4v) is 5.35. The summed E-state index contributed by atoms with van der Waals surface area (Å²) in [5.74, 6) is 0.558. The van der Waals surface area contributed by atoms with E-state index in [1.165, 1.54) is 6.07 Å². The van der Waals surface area contributed by atoms with Gasteiger partial charge in [0.2, 0.25) is 0 Å². The minimum absolute atomic E-state index is 0.0881. The minimum Gasteiger partial charge on any atom is -0.494 e. The molecule has 0 radical (unpaired) electrons. The Morgan fingerprint density at radius 1 is 1.16 bits per heavy atom. The SMILES string of the molecule is COc1cccc2c(C(=O)NCCCN3CCC(c4c[nH]c5cccc(C(F)(F)F)c45)CC3)ccnc12. The number of H-pyrrole nitrogens is 1. The number of aromatic nitrogens is 2. The number of methoxy groups -OCH3 is 1. The van der Waals surface area contributed by atoms with Gasteiger partial charge in [-0.05, 0) is 74.6 Å². The van der Waals surface area contributed by atoms with Crippen LogP contribution in [0.5, 0.6) is 5.75 Å². The lowest BCUT2D eigenvalue weighted by Gasteiger charge is -2.32. The Morgan fingerprint density at radius 3 is 2.70 bits per heavy atom. The molecule has 2 N–H and O–H groups in total. The molecular formula is C28H29F3N4O2. The normalized spacial score (nSPS) is 15.4. The lowest BCUT2D eigenvalue weighted by atomic mass is 9.88. The third-order valence-electron chi connectivity index (χ3n) is 7.20. The van der Waals surface area contributed by atoms with E-state index >= 15 is 0 Å². The molecular weight excluding hydrogens is 481 g/mol. The monoisotopic (exact) mass is 510 g/mol. The molecule has 1 aliphatic rings. The molecule has 1 amide bonds. The van der Waals surface area contributed by atoms with E-state index < -0.39 is 11.7 Å². The quantitative estimate of drug-likeness (QED) is 0.311.